The van der Waals surface area contributed by atoms with Crippen molar-refractivity contribution in [2.24, 2.45) is 11.3 Å². The van der Waals surface area contributed by atoms with Crippen molar-refractivity contribution in [2.45, 2.75) is 52.5 Å². The molecule has 0 aromatic heterocycles. The van der Waals surface area contributed by atoms with Gasteiger partial charge in [-0.25, -0.2) is 0 Å². The molecule has 0 aliphatic heterocycles. The summed E-state index contributed by atoms with van der Waals surface area (Å²) in [6.45, 7) is 10.5. The molecule has 1 aliphatic carbocycles. The van der Waals surface area contributed by atoms with Gasteiger partial charge < -0.3 is 5.32 Å². The molecule has 0 radical (unpaired) electrons. The SMILES string of the molecule is CC(CNC1CC(c2cccc(Br)c2)C1)C(C)(C)C. The standard InChI is InChI=1S/C17H26BrN/c1-12(17(2,3)4)11-19-16-9-14(10-16)13-6-5-7-15(18)8-13/h5-8,12,14,16,19H,9-11H2,1-4H3. The van der Waals surface area contributed by atoms with E-state index in [-0.39, 0.29) is 0 Å². The molecule has 1 saturated carbocycles. The Bertz CT molecular complexity index is 416. The van der Waals surface area contributed by atoms with Crippen LogP contribution in [-0.4, -0.2) is 12.6 Å². The molecule has 1 aliphatic rings. The highest BCUT2D eigenvalue weighted by Crippen LogP contribution is 2.38. The molecule has 0 heterocycles. The van der Waals surface area contributed by atoms with Crippen molar-refractivity contribution in [2.75, 3.05) is 6.54 Å². The van der Waals surface area contributed by atoms with Gasteiger partial charge >= 0.3 is 0 Å². The number of hydrogen-bond acceptors (Lipinski definition) is 1. The molecular weight excluding hydrogens is 298 g/mol. The van der Waals surface area contributed by atoms with E-state index in [4.69, 9.17) is 0 Å². The molecule has 1 aromatic rings. The topological polar surface area (TPSA) is 12.0 Å². The predicted molar refractivity (Wildman–Crippen MR) is 86.5 cm³/mol. The number of nitrogens with one attached hydrogen (secondary N) is 1. The second-order valence-corrected chi connectivity index (χ2v) is 8.01. The van der Waals surface area contributed by atoms with Gasteiger partial charge in [0.25, 0.3) is 0 Å². The van der Waals surface area contributed by atoms with Crippen LogP contribution < -0.4 is 5.32 Å². The first kappa shape index (κ1) is 15.1. The van der Waals surface area contributed by atoms with Crippen LogP contribution in [0, 0.1) is 11.3 Å². The average Bonchev–Trinajstić information content (AvgIpc) is 2.25. The van der Waals surface area contributed by atoms with E-state index in [1.165, 1.54) is 22.9 Å². The van der Waals surface area contributed by atoms with Crippen molar-refractivity contribution < 1.29 is 0 Å². The van der Waals surface area contributed by atoms with Crippen molar-refractivity contribution >= 4 is 15.9 Å². The van der Waals surface area contributed by atoms with Crippen LogP contribution in [0.2, 0.25) is 0 Å². The molecule has 1 aromatic carbocycles. The Hall–Kier alpha value is -0.340. The van der Waals surface area contributed by atoms with Crippen LogP contribution in [0.5, 0.6) is 0 Å². The molecule has 0 bridgehead atoms. The number of halogens is 1. The minimum atomic E-state index is 0.403. The van der Waals surface area contributed by atoms with E-state index in [1.54, 1.807) is 0 Å². The van der Waals surface area contributed by atoms with E-state index in [9.17, 15) is 0 Å². The smallest absolute Gasteiger partial charge is 0.0178 e. The number of hydrogen-bond donors (Lipinski definition) is 1. The van der Waals surface area contributed by atoms with Crippen LogP contribution in [0.3, 0.4) is 0 Å². The number of benzene rings is 1. The van der Waals surface area contributed by atoms with E-state index in [0.717, 1.165) is 18.4 Å². The van der Waals surface area contributed by atoms with Crippen molar-refractivity contribution in [1.82, 2.24) is 5.32 Å². The molecule has 2 rings (SSSR count). The summed E-state index contributed by atoms with van der Waals surface area (Å²) < 4.78 is 1.20. The van der Waals surface area contributed by atoms with Crippen LogP contribution in [0.4, 0.5) is 0 Å². The van der Waals surface area contributed by atoms with E-state index in [1.807, 2.05) is 0 Å². The first-order chi connectivity index (χ1) is 8.86. The molecule has 1 N–H and O–H groups in total. The summed E-state index contributed by atoms with van der Waals surface area (Å²) in [5, 5.41) is 3.73. The zero-order valence-corrected chi connectivity index (χ0v) is 14.1. The van der Waals surface area contributed by atoms with Crippen LogP contribution >= 0.6 is 15.9 Å². The minimum absolute atomic E-state index is 0.403. The van der Waals surface area contributed by atoms with Gasteiger partial charge in [0.1, 0.15) is 0 Å². The summed E-state index contributed by atoms with van der Waals surface area (Å²) in [7, 11) is 0. The highest BCUT2D eigenvalue weighted by atomic mass is 79.9. The zero-order chi connectivity index (χ0) is 14.0. The quantitative estimate of drug-likeness (QED) is 0.825. The maximum atomic E-state index is 3.73. The van der Waals surface area contributed by atoms with E-state index >= 15 is 0 Å². The van der Waals surface area contributed by atoms with Crippen molar-refractivity contribution in [1.29, 1.82) is 0 Å². The predicted octanol–water partition coefficient (Wildman–Crippen LogP) is 4.97. The van der Waals surface area contributed by atoms with Gasteiger partial charge in [-0.3, -0.25) is 0 Å². The second kappa shape index (κ2) is 5.97. The normalized spacial score (nSPS) is 24.9. The van der Waals surface area contributed by atoms with Gasteiger partial charge in [-0.1, -0.05) is 55.8 Å². The van der Waals surface area contributed by atoms with Gasteiger partial charge in [0.15, 0.2) is 0 Å². The molecule has 1 unspecified atom stereocenters. The largest absolute Gasteiger partial charge is 0.314 e. The number of rotatable bonds is 4. The van der Waals surface area contributed by atoms with Crippen molar-refractivity contribution in [3.05, 3.63) is 34.3 Å². The Balaban J connectivity index is 1.75. The van der Waals surface area contributed by atoms with Gasteiger partial charge in [-0.05, 0) is 54.3 Å². The van der Waals surface area contributed by atoms with E-state index < -0.39 is 0 Å². The first-order valence-corrected chi connectivity index (χ1v) is 8.14. The van der Waals surface area contributed by atoms with Gasteiger partial charge in [0, 0.05) is 10.5 Å². The maximum absolute atomic E-state index is 3.73. The van der Waals surface area contributed by atoms with Gasteiger partial charge in [-0.15, -0.1) is 0 Å². The third kappa shape index (κ3) is 4.06. The zero-order valence-electron chi connectivity index (χ0n) is 12.5. The molecule has 106 valence electrons. The Kier molecular flexibility index (Phi) is 4.73. The van der Waals surface area contributed by atoms with Gasteiger partial charge in [-0.2, -0.15) is 0 Å². The fourth-order valence-electron chi connectivity index (χ4n) is 2.47. The fourth-order valence-corrected chi connectivity index (χ4v) is 2.88. The summed E-state index contributed by atoms with van der Waals surface area (Å²) in [5.74, 6) is 1.47. The third-order valence-corrected chi connectivity index (χ3v) is 5.14. The monoisotopic (exact) mass is 323 g/mol. The molecule has 2 heteroatoms. The molecule has 1 fully saturated rings. The van der Waals surface area contributed by atoms with Crippen LogP contribution in [-0.2, 0) is 0 Å². The van der Waals surface area contributed by atoms with Crippen LogP contribution in [0.25, 0.3) is 0 Å². The lowest BCUT2D eigenvalue weighted by Gasteiger charge is -2.38. The van der Waals surface area contributed by atoms with Crippen molar-refractivity contribution in [3.63, 3.8) is 0 Å². The van der Waals surface area contributed by atoms with E-state index in [0.29, 0.717) is 11.5 Å². The van der Waals surface area contributed by atoms with Gasteiger partial charge in [0.2, 0.25) is 0 Å². The Morgan fingerprint density at radius 1 is 1.32 bits per heavy atom. The molecule has 1 nitrogen and oxygen atoms in total. The Labute approximate surface area is 126 Å². The van der Waals surface area contributed by atoms with Crippen LogP contribution in [0.15, 0.2) is 28.7 Å². The molecular formula is C17H26BrN. The highest BCUT2D eigenvalue weighted by Gasteiger charge is 2.31. The van der Waals surface area contributed by atoms with Gasteiger partial charge in [0.05, 0.1) is 0 Å². The summed E-state index contributed by atoms with van der Waals surface area (Å²) in [4.78, 5) is 0. The summed E-state index contributed by atoms with van der Waals surface area (Å²) in [5.41, 5.74) is 1.89. The molecule has 19 heavy (non-hydrogen) atoms. The molecule has 0 saturated heterocycles. The van der Waals surface area contributed by atoms with Crippen LogP contribution in [0.1, 0.15) is 52.0 Å². The lowest BCUT2D eigenvalue weighted by Crippen LogP contribution is -2.43. The molecule has 0 amide bonds. The fraction of sp³-hybridized carbons (Fsp3) is 0.647. The summed E-state index contributed by atoms with van der Waals surface area (Å²) in [6, 6.07) is 9.47. The Morgan fingerprint density at radius 3 is 2.58 bits per heavy atom. The lowest BCUT2D eigenvalue weighted by molar-refractivity contribution is 0.215. The lowest BCUT2D eigenvalue weighted by atomic mass is 9.75. The Morgan fingerprint density at radius 2 is 2.00 bits per heavy atom. The maximum Gasteiger partial charge on any atom is 0.0178 e. The molecule has 1 atom stereocenters. The van der Waals surface area contributed by atoms with E-state index in [2.05, 4.69) is 73.2 Å². The third-order valence-electron chi connectivity index (χ3n) is 4.65. The summed E-state index contributed by atoms with van der Waals surface area (Å²) in [6.07, 6.45) is 2.57. The summed E-state index contributed by atoms with van der Waals surface area (Å²) >= 11 is 3.55. The minimum Gasteiger partial charge on any atom is -0.314 e. The van der Waals surface area contributed by atoms with Crippen molar-refractivity contribution in [3.8, 4) is 0 Å². The average molecular weight is 324 g/mol. The second-order valence-electron chi connectivity index (χ2n) is 7.10. The molecule has 0 spiro atoms. The highest BCUT2D eigenvalue weighted by molar-refractivity contribution is 9.10. The first-order valence-electron chi connectivity index (χ1n) is 7.35.